The second-order valence-corrected chi connectivity index (χ2v) is 11.1. The molecule has 0 atom stereocenters. The number of rotatable bonds is 6. The number of pyridine rings is 1. The zero-order valence-electron chi connectivity index (χ0n) is 20.8. The maximum absolute atomic E-state index is 14.7. The van der Waals surface area contributed by atoms with E-state index in [2.05, 4.69) is 9.97 Å². The highest BCUT2D eigenvalue weighted by molar-refractivity contribution is 7.89. The smallest absolute Gasteiger partial charge is 0.357 e. The Labute approximate surface area is 219 Å². The largest absolute Gasteiger partial charge is 0.416 e. The number of sulfonamides is 1. The first kappa shape index (κ1) is 26.6. The van der Waals surface area contributed by atoms with E-state index in [-0.39, 0.29) is 29.8 Å². The molecule has 2 aromatic carbocycles. The number of halogens is 4. The number of aromatic amines is 1. The summed E-state index contributed by atoms with van der Waals surface area (Å²) in [5.41, 5.74) is 1.65. The molecule has 3 heterocycles. The number of nitrogens with zero attached hydrogens (tertiary/aromatic N) is 3. The highest BCUT2D eigenvalue weighted by atomic mass is 32.2. The van der Waals surface area contributed by atoms with Gasteiger partial charge < -0.3 is 14.1 Å². The molecule has 0 unspecified atom stereocenters. The summed E-state index contributed by atoms with van der Waals surface area (Å²) < 4.78 is 81.1. The van der Waals surface area contributed by atoms with E-state index in [1.165, 1.54) is 4.57 Å². The lowest BCUT2D eigenvalue weighted by atomic mass is 9.99. The van der Waals surface area contributed by atoms with Crippen LogP contribution in [0.5, 0.6) is 0 Å². The van der Waals surface area contributed by atoms with Crippen molar-refractivity contribution in [2.24, 2.45) is 12.2 Å². The minimum atomic E-state index is -4.65. The molecule has 5 aromatic rings. The SMILES string of the molecule is Cc1nc2c(CCS(N)(=O)=O)cc(-c3cn(C)c(=O)c4[nH]ccc34)cc2n1Cc1cc(C(F)(F)F)ccc1F. The molecule has 0 amide bonds. The normalized spacial score (nSPS) is 12.6. The number of aryl methyl sites for hydroxylation is 3. The second-order valence-electron chi connectivity index (χ2n) is 9.39. The van der Waals surface area contributed by atoms with Gasteiger partial charge in [0.05, 0.1) is 28.9 Å². The molecule has 0 saturated heterocycles. The summed E-state index contributed by atoms with van der Waals surface area (Å²) >= 11 is 0. The Morgan fingerprint density at radius 1 is 1.10 bits per heavy atom. The molecule has 8 nitrogen and oxygen atoms in total. The van der Waals surface area contributed by atoms with Gasteiger partial charge in [0.2, 0.25) is 10.0 Å². The van der Waals surface area contributed by atoms with E-state index in [0.29, 0.717) is 50.5 Å². The van der Waals surface area contributed by atoms with E-state index < -0.39 is 27.6 Å². The Kier molecular flexibility index (Phi) is 6.38. The van der Waals surface area contributed by atoms with Crippen LogP contribution in [0.1, 0.15) is 22.5 Å². The van der Waals surface area contributed by atoms with Crippen molar-refractivity contribution in [1.29, 1.82) is 0 Å². The highest BCUT2D eigenvalue weighted by Crippen LogP contribution is 2.34. The van der Waals surface area contributed by atoms with Gasteiger partial charge in [-0.25, -0.2) is 22.9 Å². The molecule has 0 bridgehead atoms. The van der Waals surface area contributed by atoms with E-state index in [0.717, 1.165) is 12.1 Å². The molecule has 3 N–H and O–H groups in total. The van der Waals surface area contributed by atoms with Gasteiger partial charge in [-0.15, -0.1) is 0 Å². The second kappa shape index (κ2) is 9.35. The molecule has 39 heavy (non-hydrogen) atoms. The third kappa shape index (κ3) is 5.06. The Morgan fingerprint density at radius 3 is 2.54 bits per heavy atom. The zero-order chi connectivity index (χ0) is 28.3. The summed E-state index contributed by atoms with van der Waals surface area (Å²) in [6.07, 6.45) is -1.36. The average molecular weight is 562 g/mol. The van der Waals surface area contributed by atoms with Crippen LogP contribution in [-0.4, -0.2) is 33.3 Å². The van der Waals surface area contributed by atoms with Crippen LogP contribution < -0.4 is 10.7 Å². The maximum atomic E-state index is 14.7. The van der Waals surface area contributed by atoms with Crippen molar-refractivity contribution in [2.45, 2.75) is 26.1 Å². The van der Waals surface area contributed by atoms with Crippen LogP contribution in [0.2, 0.25) is 0 Å². The standard InChI is InChI=1S/C26H23F4N5O3S/c1-14-33-23-15(6-8-39(31,37)38)9-16(20-13-34(2)25(36)24-19(20)5-7-32-24)11-22(23)35(14)12-17-10-18(26(28,29)30)3-4-21(17)27/h3-5,7,9-11,13,32H,6,8,12H2,1-2H3,(H2,31,37,38). The molecule has 0 saturated carbocycles. The van der Waals surface area contributed by atoms with Crippen molar-refractivity contribution < 1.29 is 26.0 Å². The van der Waals surface area contributed by atoms with Crippen LogP contribution in [-0.2, 0) is 36.2 Å². The van der Waals surface area contributed by atoms with Gasteiger partial charge in [-0.3, -0.25) is 4.79 Å². The van der Waals surface area contributed by atoms with Crippen molar-refractivity contribution in [3.63, 3.8) is 0 Å². The third-order valence-corrected chi connectivity index (χ3v) is 7.46. The Hall–Kier alpha value is -3.97. The number of nitrogens with one attached hydrogen (secondary N) is 1. The summed E-state index contributed by atoms with van der Waals surface area (Å²) in [7, 11) is -2.23. The van der Waals surface area contributed by atoms with Crippen molar-refractivity contribution in [1.82, 2.24) is 19.1 Å². The summed E-state index contributed by atoms with van der Waals surface area (Å²) in [6.45, 7) is 1.38. The van der Waals surface area contributed by atoms with E-state index in [4.69, 9.17) is 5.14 Å². The van der Waals surface area contributed by atoms with E-state index >= 15 is 0 Å². The van der Waals surface area contributed by atoms with Gasteiger partial charge in [0.15, 0.2) is 0 Å². The van der Waals surface area contributed by atoms with Gasteiger partial charge in [-0.1, -0.05) is 0 Å². The quantitative estimate of drug-likeness (QED) is 0.302. The fraction of sp³-hybridized carbons (Fsp3) is 0.231. The third-order valence-electron chi connectivity index (χ3n) is 6.69. The van der Waals surface area contributed by atoms with Crippen LogP contribution in [0.3, 0.4) is 0 Å². The lowest BCUT2D eigenvalue weighted by Crippen LogP contribution is -2.18. The molecule has 13 heteroatoms. The first-order chi connectivity index (χ1) is 18.2. The predicted molar refractivity (Wildman–Crippen MR) is 139 cm³/mol. The number of imidazole rings is 1. The monoisotopic (exact) mass is 561 g/mol. The van der Waals surface area contributed by atoms with E-state index in [1.54, 1.807) is 49.1 Å². The lowest BCUT2D eigenvalue weighted by molar-refractivity contribution is -0.137. The van der Waals surface area contributed by atoms with Gasteiger partial charge in [0, 0.05) is 36.0 Å². The molecule has 0 spiro atoms. The Bertz CT molecular complexity index is 1920. The first-order valence-electron chi connectivity index (χ1n) is 11.8. The van der Waals surface area contributed by atoms with Gasteiger partial charge in [0.25, 0.3) is 5.56 Å². The number of alkyl halides is 3. The van der Waals surface area contributed by atoms with Crippen LogP contribution >= 0.6 is 0 Å². The van der Waals surface area contributed by atoms with Crippen molar-refractivity contribution in [3.8, 4) is 11.1 Å². The number of aromatic nitrogens is 4. The number of hydrogen-bond donors (Lipinski definition) is 2. The molecule has 5 rings (SSSR count). The summed E-state index contributed by atoms with van der Waals surface area (Å²) in [5.74, 6) is -0.781. The van der Waals surface area contributed by atoms with Crippen molar-refractivity contribution in [3.05, 3.63) is 87.5 Å². The molecule has 0 aliphatic carbocycles. The number of H-pyrrole nitrogens is 1. The topological polar surface area (TPSA) is 116 Å². The van der Waals surface area contributed by atoms with Gasteiger partial charge in [-0.05, 0) is 60.9 Å². The van der Waals surface area contributed by atoms with Gasteiger partial charge >= 0.3 is 6.18 Å². The number of hydrogen-bond acceptors (Lipinski definition) is 4. The van der Waals surface area contributed by atoms with Gasteiger partial charge in [0.1, 0.15) is 17.2 Å². The van der Waals surface area contributed by atoms with E-state index in [9.17, 15) is 30.8 Å². The van der Waals surface area contributed by atoms with Crippen LogP contribution in [0.15, 0.2) is 53.6 Å². The molecule has 3 aromatic heterocycles. The van der Waals surface area contributed by atoms with Crippen LogP contribution in [0, 0.1) is 12.7 Å². The Morgan fingerprint density at radius 2 is 1.85 bits per heavy atom. The maximum Gasteiger partial charge on any atom is 0.416 e. The fourth-order valence-corrected chi connectivity index (χ4v) is 5.25. The van der Waals surface area contributed by atoms with Crippen molar-refractivity contribution in [2.75, 3.05) is 5.75 Å². The highest BCUT2D eigenvalue weighted by Gasteiger charge is 2.31. The van der Waals surface area contributed by atoms with E-state index in [1.807, 2.05) is 0 Å². The number of fused-ring (bicyclic) bond motifs is 2. The lowest BCUT2D eigenvalue weighted by Gasteiger charge is -2.14. The van der Waals surface area contributed by atoms with Gasteiger partial charge in [-0.2, -0.15) is 13.2 Å². The summed E-state index contributed by atoms with van der Waals surface area (Å²) in [4.78, 5) is 20.1. The first-order valence-corrected chi connectivity index (χ1v) is 13.5. The van der Waals surface area contributed by atoms with Crippen LogP contribution in [0.25, 0.3) is 33.1 Å². The Balaban J connectivity index is 1.74. The average Bonchev–Trinajstić information content (AvgIpc) is 3.45. The van der Waals surface area contributed by atoms with Crippen molar-refractivity contribution >= 4 is 32.0 Å². The molecule has 0 aliphatic heterocycles. The predicted octanol–water partition coefficient (Wildman–Crippen LogP) is 4.23. The number of nitrogens with two attached hydrogens (primary N) is 1. The summed E-state index contributed by atoms with van der Waals surface area (Å²) in [5, 5.41) is 5.87. The molecule has 0 radical (unpaired) electrons. The minimum Gasteiger partial charge on any atom is -0.357 e. The van der Waals surface area contributed by atoms with Crippen LogP contribution in [0.4, 0.5) is 17.6 Å². The molecular formula is C26H23F4N5O3S. The molecule has 0 aliphatic rings. The number of primary sulfonamides is 1. The molecular weight excluding hydrogens is 538 g/mol. The summed E-state index contributed by atoms with van der Waals surface area (Å²) in [6, 6.07) is 7.46. The minimum absolute atomic E-state index is 0.0135. The fourth-order valence-electron chi connectivity index (χ4n) is 4.75. The zero-order valence-corrected chi connectivity index (χ0v) is 21.6. The number of benzene rings is 2. The molecule has 0 fully saturated rings. The molecule has 204 valence electrons.